The molecule has 1 aromatic heterocycles. The number of nitrogens with one attached hydrogen (secondary N) is 1. The Morgan fingerprint density at radius 3 is 2.60 bits per heavy atom. The fourth-order valence-corrected chi connectivity index (χ4v) is 3.37. The molecule has 0 aliphatic rings. The van der Waals surface area contributed by atoms with Crippen molar-refractivity contribution in [2.75, 3.05) is 12.4 Å². The van der Waals surface area contributed by atoms with Gasteiger partial charge in [0.05, 0.1) is 24.9 Å². The summed E-state index contributed by atoms with van der Waals surface area (Å²) in [5.41, 5.74) is 1.18. The summed E-state index contributed by atoms with van der Waals surface area (Å²) in [4.78, 5) is 28.8. The van der Waals surface area contributed by atoms with Crippen LogP contribution in [0.15, 0.2) is 60.0 Å². The van der Waals surface area contributed by atoms with E-state index in [1.807, 2.05) is 30.3 Å². The maximum atomic E-state index is 12.3. The second-order valence-corrected chi connectivity index (χ2v) is 7.28. The van der Waals surface area contributed by atoms with E-state index < -0.39 is 12.1 Å². The lowest BCUT2D eigenvalue weighted by Crippen LogP contribution is -2.26. The lowest BCUT2D eigenvalue weighted by atomic mass is 10.3. The summed E-state index contributed by atoms with van der Waals surface area (Å²) in [5, 5.41) is 5.20. The number of carbonyl (C=O) groups is 2. The van der Waals surface area contributed by atoms with Gasteiger partial charge in [0.15, 0.2) is 6.10 Å². The number of methoxy groups -OCH3 is 1. The third-order valence-electron chi connectivity index (χ3n) is 4.04. The Labute approximate surface area is 178 Å². The molecule has 0 bridgehead atoms. The number of nitrogens with zero attached hydrogens (tertiary/aromatic N) is 1. The van der Waals surface area contributed by atoms with E-state index in [1.54, 1.807) is 43.7 Å². The Morgan fingerprint density at radius 1 is 1.10 bits per heavy atom. The van der Waals surface area contributed by atoms with Crippen molar-refractivity contribution in [3.8, 4) is 11.5 Å². The van der Waals surface area contributed by atoms with Crippen molar-refractivity contribution in [1.82, 2.24) is 4.98 Å². The molecular formula is C22H22N2O5S. The molecule has 8 heteroatoms. The number of benzene rings is 2. The van der Waals surface area contributed by atoms with Gasteiger partial charge in [-0.15, -0.1) is 11.3 Å². The van der Waals surface area contributed by atoms with Gasteiger partial charge >= 0.3 is 5.97 Å². The predicted octanol–water partition coefficient (Wildman–Crippen LogP) is 3.84. The molecule has 0 fully saturated rings. The van der Waals surface area contributed by atoms with E-state index in [0.29, 0.717) is 27.9 Å². The fraction of sp³-hybridized carbons (Fsp3) is 0.227. The van der Waals surface area contributed by atoms with Crippen LogP contribution in [0.1, 0.15) is 17.6 Å². The summed E-state index contributed by atoms with van der Waals surface area (Å²) >= 11 is 1.34. The number of carbonyl (C=O) groups excluding carboxylic acids is 2. The molecule has 156 valence electrons. The van der Waals surface area contributed by atoms with Gasteiger partial charge in [-0.1, -0.05) is 30.3 Å². The summed E-state index contributed by atoms with van der Waals surface area (Å²) in [5.74, 6) is 0.494. The zero-order valence-corrected chi connectivity index (χ0v) is 17.5. The molecule has 3 aromatic rings. The first-order chi connectivity index (χ1) is 14.5. The first-order valence-electron chi connectivity index (χ1n) is 9.29. The van der Waals surface area contributed by atoms with Crippen LogP contribution in [0.5, 0.6) is 11.5 Å². The highest BCUT2D eigenvalue weighted by Crippen LogP contribution is 2.23. The fourth-order valence-electron chi connectivity index (χ4n) is 2.59. The van der Waals surface area contributed by atoms with Crippen molar-refractivity contribution in [3.05, 3.63) is 70.7 Å². The van der Waals surface area contributed by atoms with Crippen LogP contribution in [-0.4, -0.2) is 30.1 Å². The van der Waals surface area contributed by atoms with Gasteiger partial charge in [-0.25, -0.2) is 9.78 Å². The molecule has 1 unspecified atom stereocenters. The minimum atomic E-state index is -0.739. The SMILES string of the molecule is COc1ccccc1NC(=O)Cc1nc(COC(=O)C(C)Oc2ccccc2)cs1. The van der Waals surface area contributed by atoms with Crippen molar-refractivity contribution in [2.24, 2.45) is 0 Å². The second kappa shape index (κ2) is 10.4. The standard InChI is InChI=1S/C22H22N2O5S/c1-15(29-17-8-4-3-5-9-17)22(26)28-13-16-14-30-21(23-16)12-20(25)24-18-10-6-7-11-19(18)27-2/h3-11,14-15H,12-13H2,1-2H3,(H,24,25). The maximum Gasteiger partial charge on any atom is 0.347 e. The van der Waals surface area contributed by atoms with Gasteiger partial charge in [0.2, 0.25) is 5.91 Å². The van der Waals surface area contributed by atoms with Crippen LogP contribution in [0.25, 0.3) is 0 Å². The molecule has 0 spiro atoms. The quantitative estimate of drug-likeness (QED) is 0.523. The van der Waals surface area contributed by atoms with E-state index in [9.17, 15) is 9.59 Å². The highest BCUT2D eigenvalue weighted by molar-refractivity contribution is 7.09. The smallest absolute Gasteiger partial charge is 0.347 e. The number of esters is 1. The normalized spacial score (nSPS) is 11.4. The van der Waals surface area contributed by atoms with Crippen molar-refractivity contribution in [3.63, 3.8) is 0 Å². The highest BCUT2D eigenvalue weighted by Gasteiger charge is 2.17. The summed E-state index contributed by atoms with van der Waals surface area (Å²) in [7, 11) is 1.55. The van der Waals surface area contributed by atoms with Gasteiger partial charge in [-0.05, 0) is 31.2 Å². The number of hydrogen-bond acceptors (Lipinski definition) is 7. The Hall–Kier alpha value is -3.39. The second-order valence-electron chi connectivity index (χ2n) is 6.34. The van der Waals surface area contributed by atoms with Crippen molar-refractivity contribution < 1.29 is 23.8 Å². The molecular weight excluding hydrogens is 404 g/mol. The van der Waals surface area contributed by atoms with E-state index in [-0.39, 0.29) is 18.9 Å². The van der Waals surface area contributed by atoms with Gasteiger partial charge in [0, 0.05) is 5.38 Å². The third-order valence-corrected chi connectivity index (χ3v) is 4.94. The van der Waals surface area contributed by atoms with E-state index in [1.165, 1.54) is 11.3 Å². The van der Waals surface area contributed by atoms with Crippen LogP contribution in [0.4, 0.5) is 5.69 Å². The molecule has 0 aliphatic carbocycles. The number of amides is 1. The number of thiazole rings is 1. The van der Waals surface area contributed by atoms with E-state index in [0.717, 1.165) is 0 Å². The third kappa shape index (κ3) is 6.05. The van der Waals surface area contributed by atoms with E-state index >= 15 is 0 Å². The minimum Gasteiger partial charge on any atom is -0.495 e. The zero-order valence-electron chi connectivity index (χ0n) is 16.7. The van der Waals surface area contributed by atoms with Crippen molar-refractivity contribution in [1.29, 1.82) is 0 Å². The summed E-state index contributed by atoms with van der Waals surface area (Å²) in [6.07, 6.45) is -0.624. The Balaban J connectivity index is 1.47. The molecule has 1 N–H and O–H groups in total. The average Bonchev–Trinajstić information content (AvgIpc) is 3.20. The predicted molar refractivity (Wildman–Crippen MR) is 114 cm³/mol. The molecule has 1 amide bonds. The number of para-hydroxylation sites is 3. The monoisotopic (exact) mass is 426 g/mol. The van der Waals surface area contributed by atoms with Gasteiger partial charge in [0.25, 0.3) is 0 Å². The van der Waals surface area contributed by atoms with Gasteiger partial charge in [-0.2, -0.15) is 0 Å². The van der Waals surface area contributed by atoms with E-state index in [4.69, 9.17) is 14.2 Å². The highest BCUT2D eigenvalue weighted by atomic mass is 32.1. The lowest BCUT2D eigenvalue weighted by molar-refractivity contribution is -0.152. The molecule has 30 heavy (non-hydrogen) atoms. The first-order valence-corrected chi connectivity index (χ1v) is 10.2. The zero-order chi connectivity index (χ0) is 21.3. The van der Waals surface area contributed by atoms with Crippen LogP contribution < -0.4 is 14.8 Å². The minimum absolute atomic E-state index is 0.0198. The van der Waals surface area contributed by atoms with Crippen LogP contribution in [0.2, 0.25) is 0 Å². The molecule has 1 atom stereocenters. The Kier molecular flexibility index (Phi) is 7.40. The Morgan fingerprint density at radius 2 is 1.83 bits per heavy atom. The van der Waals surface area contributed by atoms with Crippen molar-refractivity contribution >= 4 is 28.9 Å². The molecule has 0 aliphatic heterocycles. The topological polar surface area (TPSA) is 86.8 Å². The number of ether oxygens (including phenoxy) is 3. The molecule has 1 heterocycles. The van der Waals surface area contributed by atoms with Crippen LogP contribution in [-0.2, 0) is 27.4 Å². The lowest BCUT2D eigenvalue weighted by Gasteiger charge is -2.13. The molecule has 0 saturated heterocycles. The van der Waals surface area contributed by atoms with Gasteiger partial charge in [0.1, 0.15) is 23.1 Å². The molecule has 2 aromatic carbocycles. The number of aromatic nitrogens is 1. The molecule has 0 radical (unpaired) electrons. The van der Waals surface area contributed by atoms with E-state index in [2.05, 4.69) is 10.3 Å². The van der Waals surface area contributed by atoms with Crippen LogP contribution in [0.3, 0.4) is 0 Å². The summed E-state index contributed by atoms with van der Waals surface area (Å²) in [6, 6.07) is 16.2. The van der Waals surface area contributed by atoms with Gasteiger partial charge < -0.3 is 19.5 Å². The first kappa shape index (κ1) is 21.3. The molecule has 0 saturated carbocycles. The number of rotatable bonds is 9. The molecule has 3 rings (SSSR count). The molecule has 7 nitrogen and oxygen atoms in total. The van der Waals surface area contributed by atoms with Crippen LogP contribution in [0, 0.1) is 0 Å². The maximum absolute atomic E-state index is 12.3. The number of hydrogen-bond donors (Lipinski definition) is 1. The average molecular weight is 426 g/mol. The largest absolute Gasteiger partial charge is 0.495 e. The number of anilines is 1. The van der Waals surface area contributed by atoms with Crippen molar-refractivity contribution in [2.45, 2.75) is 26.1 Å². The summed E-state index contributed by atoms with van der Waals surface area (Å²) < 4.78 is 16.0. The summed E-state index contributed by atoms with van der Waals surface area (Å²) in [6.45, 7) is 1.65. The Bertz CT molecular complexity index is 990. The van der Waals surface area contributed by atoms with Gasteiger partial charge in [-0.3, -0.25) is 4.79 Å². The van der Waals surface area contributed by atoms with Crippen LogP contribution >= 0.6 is 11.3 Å².